The predicted molar refractivity (Wildman–Crippen MR) is 122 cm³/mol. The van der Waals surface area contributed by atoms with Crippen LogP contribution in [0.1, 0.15) is 52.5 Å². The lowest BCUT2D eigenvalue weighted by Crippen LogP contribution is -2.39. The van der Waals surface area contributed by atoms with Crippen LogP contribution in [-0.4, -0.2) is 42.9 Å². The van der Waals surface area contributed by atoms with Crippen LogP contribution in [0.5, 0.6) is 0 Å². The molecule has 30 heavy (non-hydrogen) atoms. The lowest BCUT2D eigenvalue weighted by atomic mass is 10.1. The van der Waals surface area contributed by atoms with Crippen LogP contribution in [0.3, 0.4) is 0 Å². The zero-order valence-corrected chi connectivity index (χ0v) is 18.6. The molecule has 160 valence electrons. The van der Waals surface area contributed by atoms with Gasteiger partial charge in [0.25, 0.3) is 5.91 Å². The molecule has 0 saturated carbocycles. The largest absolute Gasteiger partial charge is 0.371 e. The fraction of sp³-hybridized carbons (Fsp3) is 0.478. The average Bonchev–Trinajstić information content (AvgIpc) is 3.44. The molecule has 2 aromatic rings. The van der Waals surface area contributed by atoms with Crippen LogP contribution in [-0.2, 0) is 24.2 Å². The summed E-state index contributed by atoms with van der Waals surface area (Å²) in [4.78, 5) is 30.6. The normalized spacial score (nSPS) is 16.7. The van der Waals surface area contributed by atoms with Gasteiger partial charge in [0.05, 0.1) is 11.6 Å². The number of hydrogen-bond donors (Lipinski definition) is 2. The van der Waals surface area contributed by atoms with E-state index in [1.807, 2.05) is 14.0 Å². The van der Waals surface area contributed by atoms with Crippen molar-refractivity contribution in [1.82, 2.24) is 4.90 Å². The van der Waals surface area contributed by atoms with Crippen molar-refractivity contribution in [3.05, 3.63) is 45.8 Å². The molecule has 6 nitrogen and oxygen atoms in total. The molecule has 1 fully saturated rings. The van der Waals surface area contributed by atoms with Gasteiger partial charge in [-0.05, 0) is 63.3 Å². The third-order valence-corrected chi connectivity index (χ3v) is 7.51. The van der Waals surface area contributed by atoms with Crippen molar-refractivity contribution in [2.45, 2.75) is 51.6 Å². The quantitative estimate of drug-likeness (QED) is 0.711. The van der Waals surface area contributed by atoms with Gasteiger partial charge in [-0.1, -0.05) is 18.2 Å². The van der Waals surface area contributed by atoms with Gasteiger partial charge < -0.3 is 16.0 Å². The van der Waals surface area contributed by atoms with Gasteiger partial charge in [0.15, 0.2) is 0 Å². The molecular weight excluding hydrogens is 396 g/mol. The summed E-state index contributed by atoms with van der Waals surface area (Å²) in [6.07, 6.45) is 5.33. The molecule has 1 aliphatic carbocycles. The Bertz CT molecular complexity index is 949. The summed E-state index contributed by atoms with van der Waals surface area (Å²) >= 11 is 1.50. The first-order valence-electron chi connectivity index (χ1n) is 10.7. The van der Waals surface area contributed by atoms with Crippen LogP contribution in [0.15, 0.2) is 24.3 Å². The third-order valence-electron chi connectivity index (χ3n) is 6.30. The highest BCUT2D eigenvalue weighted by molar-refractivity contribution is 7.17. The minimum absolute atomic E-state index is 0.112. The molecule has 0 spiro atoms. The van der Waals surface area contributed by atoms with E-state index in [0.29, 0.717) is 17.1 Å². The van der Waals surface area contributed by atoms with Crippen LogP contribution >= 0.6 is 11.3 Å². The Balaban J connectivity index is 1.46. The molecule has 4 rings (SSSR count). The first kappa shape index (κ1) is 20.9. The van der Waals surface area contributed by atoms with E-state index < -0.39 is 5.91 Å². The van der Waals surface area contributed by atoms with Gasteiger partial charge in [-0.2, -0.15) is 0 Å². The number of primary amides is 1. The van der Waals surface area contributed by atoms with Gasteiger partial charge in [0, 0.05) is 30.2 Å². The van der Waals surface area contributed by atoms with Crippen molar-refractivity contribution in [2.75, 3.05) is 30.4 Å². The first-order chi connectivity index (χ1) is 14.5. The lowest BCUT2D eigenvalue weighted by molar-refractivity contribution is -0.120. The number of nitrogens with one attached hydrogen (secondary N) is 1. The molecule has 0 radical (unpaired) electrons. The molecule has 2 aliphatic rings. The minimum Gasteiger partial charge on any atom is -0.371 e. The van der Waals surface area contributed by atoms with E-state index >= 15 is 0 Å². The highest BCUT2D eigenvalue weighted by Crippen LogP contribution is 2.39. The number of amides is 2. The van der Waals surface area contributed by atoms with Crippen LogP contribution < -0.4 is 16.0 Å². The van der Waals surface area contributed by atoms with Gasteiger partial charge in [-0.3, -0.25) is 14.5 Å². The number of para-hydroxylation sites is 1. The number of carbonyl (C=O) groups is 2. The Hall–Kier alpha value is -2.38. The molecule has 2 heterocycles. The summed E-state index contributed by atoms with van der Waals surface area (Å²) in [5.41, 5.74) is 9.66. The van der Waals surface area contributed by atoms with Crippen LogP contribution in [0.25, 0.3) is 0 Å². The molecular formula is C23H30N4O2S. The number of carbonyl (C=O) groups excluding carboxylic acids is 2. The average molecular weight is 427 g/mol. The second-order valence-electron chi connectivity index (χ2n) is 8.33. The Labute approximate surface area is 182 Å². The summed E-state index contributed by atoms with van der Waals surface area (Å²) in [5.74, 6) is -0.566. The third kappa shape index (κ3) is 4.09. The van der Waals surface area contributed by atoms with Crippen molar-refractivity contribution in [2.24, 2.45) is 5.73 Å². The predicted octanol–water partition coefficient (Wildman–Crippen LogP) is 3.39. The highest BCUT2D eigenvalue weighted by atomic mass is 32.1. The maximum Gasteiger partial charge on any atom is 0.251 e. The smallest absolute Gasteiger partial charge is 0.251 e. The van der Waals surface area contributed by atoms with E-state index in [1.165, 1.54) is 40.3 Å². The standard InChI is InChI=1S/C23H30N4O2S/c1-15(22(29)25-23-20(21(24)28)17-9-7-11-19(17)30-23)26(2)14-16-8-3-4-10-18(16)27-12-5-6-13-27/h3-4,8,10,15H,5-7,9,11-14H2,1-2H3,(H2,24,28)(H,25,29)/t15-/m1/s1. The number of anilines is 2. The second kappa shape index (κ2) is 8.78. The Morgan fingerprint density at radius 2 is 1.93 bits per heavy atom. The Morgan fingerprint density at radius 1 is 1.20 bits per heavy atom. The molecule has 0 unspecified atom stereocenters. The zero-order chi connectivity index (χ0) is 21.3. The number of aryl methyl sites for hydroxylation is 1. The summed E-state index contributed by atoms with van der Waals surface area (Å²) in [6.45, 7) is 4.77. The number of nitrogens with two attached hydrogens (primary N) is 1. The summed E-state index contributed by atoms with van der Waals surface area (Å²) in [7, 11) is 1.97. The Kier molecular flexibility index (Phi) is 6.11. The molecule has 1 aliphatic heterocycles. The second-order valence-corrected chi connectivity index (χ2v) is 9.43. The maximum atomic E-state index is 13.0. The Morgan fingerprint density at radius 3 is 2.67 bits per heavy atom. The van der Waals surface area contributed by atoms with Crippen molar-refractivity contribution in [3.63, 3.8) is 0 Å². The number of thiophene rings is 1. The molecule has 2 amide bonds. The fourth-order valence-corrected chi connectivity index (χ4v) is 5.78. The summed E-state index contributed by atoms with van der Waals surface area (Å²) in [6, 6.07) is 8.11. The van der Waals surface area contributed by atoms with Crippen molar-refractivity contribution in [1.29, 1.82) is 0 Å². The van der Waals surface area contributed by atoms with Gasteiger partial charge in [0.2, 0.25) is 5.91 Å². The molecule has 1 atom stereocenters. The van der Waals surface area contributed by atoms with Gasteiger partial charge in [-0.15, -0.1) is 11.3 Å². The molecule has 1 aromatic carbocycles. The van der Waals surface area contributed by atoms with Crippen LogP contribution in [0.4, 0.5) is 10.7 Å². The SMILES string of the molecule is C[C@H](C(=O)Nc1sc2c(c1C(N)=O)CCC2)N(C)Cc1ccccc1N1CCCC1. The molecule has 1 saturated heterocycles. The molecule has 3 N–H and O–H groups in total. The molecule has 0 bridgehead atoms. The van der Waals surface area contributed by atoms with Crippen LogP contribution in [0.2, 0.25) is 0 Å². The molecule has 1 aromatic heterocycles. The van der Waals surface area contributed by atoms with Gasteiger partial charge >= 0.3 is 0 Å². The van der Waals surface area contributed by atoms with Crippen molar-refractivity contribution < 1.29 is 9.59 Å². The van der Waals surface area contributed by atoms with E-state index in [1.54, 1.807) is 0 Å². The minimum atomic E-state index is -0.453. The lowest BCUT2D eigenvalue weighted by Gasteiger charge is -2.27. The van der Waals surface area contributed by atoms with E-state index in [-0.39, 0.29) is 11.9 Å². The van der Waals surface area contributed by atoms with E-state index in [4.69, 9.17) is 5.73 Å². The van der Waals surface area contributed by atoms with Crippen LogP contribution in [0, 0.1) is 0 Å². The highest BCUT2D eigenvalue weighted by Gasteiger charge is 2.28. The summed E-state index contributed by atoms with van der Waals surface area (Å²) in [5, 5.41) is 3.59. The maximum absolute atomic E-state index is 13.0. The summed E-state index contributed by atoms with van der Waals surface area (Å²) < 4.78 is 0. The van der Waals surface area contributed by atoms with E-state index in [2.05, 4.69) is 39.4 Å². The van der Waals surface area contributed by atoms with Crippen molar-refractivity contribution in [3.8, 4) is 0 Å². The number of nitrogens with zero attached hydrogens (tertiary/aromatic N) is 2. The topological polar surface area (TPSA) is 78.7 Å². The fourth-order valence-electron chi connectivity index (χ4n) is 4.49. The van der Waals surface area contributed by atoms with Crippen molar-refractivity contribution >= 4 is 33.8 Å². The first-order valence-corrected chi connectivity index (χ1v) is 11.6. The number of fused-ring (bicyclic) bond motifs is 1. The van der Waals surface area contributed by atoms with Gasteiger partial charge in [-0.25, -0.2) is 0 Å². The number of benzene rings is 1. The number of rotatable bonds is 7. The number of likely N-dealkylation sites (N-methyl/N-ethyl adjacent to an activating group) is 1. The van der Waals surface area contributed by atoms with E-state index in [0.717, 1.165) is 37.9 Å². The van der Waals surface area contributed by atoms with E-state index in [9.17, 15) is 9.59 Å². The molecule has 7 heteroatoms. The zero-order valence-electron chi connectivity index (χ0n) is 17.7. The van der Waals surface area contributed by atoms with Gasteiger partial charge in [0.1, 0.15) is 5.00 Å². The monoisotopic (exact) mass is 426 g/mol. The number of hydrogen-bond acceptors (Lipinski definition) is 5.